The molecule has 3 nitrogen and oxygen atoms in total. The van der Waals surface area contributed by atoms with Crippen molar-refractivity contribution in [3.8, 4) is 5.75 Å². The second kappa shape index (κ2) is 8.32. The molecule has 0 radical (unpaired) electrons. The van der Waals surface area contributed by atoms with E-state index in [1.54, 1.807) is 13.4 Å². The van der Waals surface area contributed by atoms with Gasteiger partial charge >= 0.3 is 0 Å². The summed E-state index contributed by atoms with van der Waals surface area (Å²) in [5.74, 6) is 1.07. The molecule has 1 heterocycles. The summed E-state index contributed by atoms with van der Waals surface area (Å²) >= 11 is 0. The molecule has 0 spiro atoms. The molecule has 3 heteroatoms. The number of hydrogen-bond donors (Lipinski definition) is 0. The van der Waals surface area contributed by atoms with Crippen molar-refractivity contribution < 1.29 is 14.2 Å². The van der Waals surface area contributed by atoms with Crippen molar-refractivity contribution in [3.63, 3.8) is 0 Å². The van der Waals surface area contributed by atoms with Crippen LogP contribution in [-0.2, 0) is 15.1 Å². The fourth-order valence-electron chi connectivity index (χ4n) is 3.66. The Labute approximate surface area is 166 Å². The molecule has 3 aromatic carbocycles. The average Bonchev–Trinajstić information content (AvgIpc) is 3.30. The van der Waals surface area contributed by atoms with Crippen LogP contribution < -0.4 is 4.74 Å². The molecule has 1 aliphatic heterocycles. The van der Waals surface area contributed by atoms with E-state index in [4.69, 9.17) is 14.2 Å². The van der Waals surface area contributed by atoms with Crippen LogP contribution in [0.1, 0.15) is 16.7 Å². The zero-order valence-corrected chi connectivity index (χ0v) is 16.0. The maximum Gasteiger partial charge on any atom is 0.143 e. The predicted molar refractivity (Wildman–Crippen MR) is 110 cm³/mol. The van der Waals surface area contributed by atoms with Gasteiger partial charge in [-0.05, 0) is 34.9 Å². The maximum atomic E-state index is 6.77. The lowest BCUT2D eigenvalue weighted by Crippen LogP contribution is -2.34. The van der Waals surface area contributed by atoms with Crippen LogP contribution in [-0.4, -0.2) is 20.3 Å². The Morgan fingerprint density at radius 1 is 0.821 bits per heavy atom. The second-order valence-electron chi connectivity index (χ2n) is 6.87. The molecular formula is C25H24O3. The number of rotatable bonds is 7. The van der Waals surface area contributed by atoms with E-state index in [1.165, 1.54) is 0 Å². The van der Waals surface area contributed by atoms with Gasteiger partial charge in [0, 0.05) is 5.92 Å². The minimum Gasteiger partial charge on any atom is -0.501 e. The molecular weight excluding hydrogens is 348 g/mol. The van der Waals surface area contributed by atoms with Crippen molar-refractivity contribution in [2.45, 2.75) is 5.60 Å². The van der Waals surface area contributed by atoms with E-state index in [2.05, 4.69) is 66.7 Å². The smallest absolute Gasteiger partial charge is 0.143 e. The normalized spacial score (nSPS) is 16.0. The first kappa shape index (κ1) is 18.3. The molecule has 0 aliphatic carbocycles. The standard InChI is InChI=1S/C25H24O3/c1-26-24-14-12-23(13-15-24)25(21-8-4-2-5-9-21,22-10-6-3-7-11-22)28-19-20-16-17-27-18-20/h2-17,20H,18-19H2,1H3. The Kier molecular flexibility index (Phi) is 5.45. The number of benzene rings is 3. The predicted octanol–water partition coefficient (Wildman–Crippen LogP) is 5.16. The van der Waals surface area contributed by atoms with E-state index in [1.807, 2.05) is 24.3 Å². The largest absolute Gasteiger partial charge is 0.501 e. The summed E-state index contributed by atoms with van der Waals surface area (Å²) in [6.07, 6.45) is 3.82. The van der Waals surface area contributed by atoms with E-state index in [0.717, 1.165) is 22.4 Å². The molecule has 1 aliphatic rings. The van der Waals surface area contributed by atoms with Crippen molar-refractivity contribution in [3.05, 3.63) is 114 Å². The third kappa shape index (κ3) is 3.54. The third-order valence-corrected chi connectivity index (χ3v) is 5.13. The first-order chi connectivity index (χ1) is 13.8. The lowest BCUT2D eigenvalue weighted by molar-refractivity contribution is -0.00566. The highest BCUT2D eigenvalue weighted by Gasteiger charge is 2.38. The summed E-state index contributed by atoms with van der Waals surface area (Å²) in [6, 6.07) is 28.9. The van der Waals surface area contributed by atoms with Crippen LogP contribution in [0.5, 0.6) is 5.75 Å². The average molecular weight is 372 g/mol. The summed E-state index contributed by atoms with van der Waals surface area (Å²) < 4.78 is 17.5. The Hall–Kier alpha value is -3.04. The van der Waals surface area contributed by atoms with Gasteiger partial charge in [-0.1, -0.05) is 72.8 Å². The molecule has 0 saturated heterocycles. The van der Waals surface area contributed by atoms with Gasteiger partial charge < -0.3 is 14.2 Å². The lowest BCUT2D eigenvalue weighted by atomic mass is 9.80. The molecule has 0 amide bonds. The van der Waals surface area contributed by atoms with Crippen LogP contribution in [0, 0.1) is 5.92 Å². The lowest BCUT2D eigenvalue weighted by Gasteiger charge is -2.36. The highest BCUT2D eigenvalue weighted by atomic mass is 16.5. The molecule has 0 aromatic heterocycles. The van der Waals surface area contributed by atoms with Crippen LogP contribution in [0.4, 0.5) is 0 Å². The van der Waals surface area contributed by atoms with Crippen molar-refractivity contribution in [2.75, 3.05) is 20.3 Å². The van der Waals surface area contributed by atoms with Crippen LogP contribution in [0.15, 0.2) is 97.3 Å². The minimum atomic E-state index is -0.717. The second-order valence-corrected chi connectivity index (χ2v) is 6.87. The highest BCUT2D eigenvalue weighted by molar-refractivity contribution is 5.48. The first-order valence-electron chi connectivity index (χ1n) is 9.51. The first-order valence-corrected chi connectivity index (χ1v) is 9.51. The highest BCUT2D eigenvalue weighted by Crippen LogP contribution is 2.41. The van der Waals surface area contributed by atoms with Gasteiger partial charge in [0.25, 0.3) is 0 Å². The summed E-state index contributed by atoms with van der Waals surface area (Å²) in [7, 11) is 1.68. The SMILES string of the molecule is COc1ccc(C(OCC2C=COC2)(c2ccccc2)c2ccccc2)cc1. The van der Waals surface area contributed by atoms with Crippen LogP contribution >= 0.6 is 0 Å². The van der Waals surface area contributed by atoms with Crippen molar-refractivity contribution in [1.29, 1.82) is 0 Å². The van der Waals surface area contributed by atoms with Crippen LogP contribution in [0.25, 0.3) is 0 Å². The Morgan fingerprint density at radius 3 is 1.89 bits per heavy atom. The molecule has 0 fully saturated rings. The van der Waals surface area contributed by atoms with Gasteiger partial charge in [0.05, 0.1) is 26.6 Å². The van der Waals surface area contributed by atoms with Gasteiger partial charge in [-0.15, -0.1) is 0 Å². The fourth-order valence-corrected chi connectivity index (χ4v) is 3.66. The van der Waals surface area contributed by atoms with E-state index >= 15 is 0 Å². The number of ether oxygens (including phenoxy) is 3. The van der Waals surface area contributed by atoms with Crippen molar-refractivity contribution >= 4 is 0 Å². The Morgan fingerprint density at radius 2 is 1.39 bits per heavy atom. The van der Waals surface area contributed by atoms with Gasteiger partial charge in [-0.25, -0.2) is 0 Å². The summed E-state index contributed by atoms with van der Waals surface area (Å²) in [5.41, 5.74) is 2.53. The molecule has 1 atom stereocenters. The number of hydrogen-bond acceptors (Lipinski definition) is 3. The zero-order chi connectivity index (χ0) is 19.2. The Bertz CT molecular complexity index is 862. The quantitative estimate of drug-likeness (QED) is 0.536. The molecule has 3 aromatic rings. The van der Waals surface area contributed by atoms with Gasteiger partial charge in [-0.2, -0.15) is 0 Å². The molecule has 0 N–H and O–H groups in total. The van der Waals surface area contributed by atoms with Gasteiger partial charge in [0.1, 0.15) is 11.4 Å². The number of methoxy groups -OCH3 is 1. The van der Waals surface area contributed by atoms with E-state index < -0.39 is 5.60 Å². The summed E-state index contributed by atoms with van der Waals surface area (Å²) in [5, 5.41) is 0. The molecule has 1 unspecified atom stereocenters. The maximum absolute atomic E-state index is 6.77. The van der Waals surface area contributed by atoms with Crippen LogP contribution in [0.2, 0.25) is 0 Å². The monoisotopic (exact) mass is 372 g/mol. The van der Waals surface area contributed by atoms with E-state index in [0.29, 0.717) is 13.2 Å². The topological polar surface area (TPSA) is 27.7 Å². The molecule has 142 valence electrons. The van der Waals surface area contributed by atoms with Gasteiger partial charge in [0.15, 0.2) is 0 Å². The third-order valence-electron chi connectivity index (χ3n) is 5.13. The molecule has 28 heavy (non-hydrogen) atoms. The fraction of sp³-hybridized carbons (Fsp3) is 0.200. The van der Waals surface area contributed by atoms with E-state index in [-0.39, 0.29) is 5.92 Å². The van der Waals surface area contributed by atoms with Crippen molar-refractivity contribution in [2.24, 2.45) is 5.92 Å². The molecule has 4 rings (SSSR count). The Balaban J connectivity index is 1.86. The minimum absolute atomic E-state index is 0.241. The summed E-state index contributed by atoms with van der Waals surface area (Å²) in [6.45, 7) is 1.22. The van der Waals surface area contributed by atoms with Gasteiger partial charge in [0.2, 0.25) is 0 Å². The molecule has 0 saturated carbocycles. The van der Waals surface area contributed by atoms with Crippen molar-refractivity contribution in [1.82, 2.24) is 0 Å². The summed E-state index contributed by atoms with van der Waals surface area (Å²) in [4.78, 5) is 0. The molecule has 0 bridgehead atoms. The van der Waals surface area contributed by atoms with Gasteiger partial charge in [-0.3, -0.25) is 0 Å². The van der Waals surface area contributed by atoms with Crippen LogP contribution in [0.3, 0.4) is 0 Å². The zero-order valence-electron chi connectivity index (χ0n) is 16.0. The van der Waals surface area contributed by atoms with E-state index in [9.17, 15) is 0 Å².